The Morgan fingerprint density at radius 3 is 2.43 bits per heavy atom. The zero-order valence-corrected chi connectivity index (χ0v) is 14.3. The third-order valence-corrected chi connectivity index (χ3v) is 6.37. The van der Waals surface area contributed by atoms with E-state index >= 15 is 0 Å². The zero-order valence-electron chi connectivity index (χ0n) is 12.8. The van der Waals surface area contributed by atoms with Crippen molar-refractivity contribution in [2.24, 2.45) is 29.1 Å². The zero-order chi connectivity index (χ0) is 16.4. The number of nitrogens with one attached hydrogen (secondary N) is 1. The van der Waals surface area contributed by atoms with Gasteiger partial charge in [0, 0.05) is 10.2 Å². The standard InChI is InChI=1S/C18H18BrNO3/c1-9-8-10(19)2-5-13(9)20-16(21)14-11-3-4-12(15(14)17(22)23)18(11)6-7-18/h2-5,8,11-12,14-15H,6-7H2,1H3,(H,20,21)(H,22,23)/t11-,12+,14?,15+/m0/s1. The van der Waals surface area contributed by atoms with Crippen molar-refractivity contribution in [1.29, 1.82) is 0 Å². The van der Waals surface area contributed by atoms with Crippen LogP contribution in [0.4, 0.5) is 5.69 Å². The average molecular weight is 376 g/mol. The number of allylic oxidation sites excluding steroid dienone is 2. The summed E-state index contributed by atoms with van der Waals surface area (Å²) in [5, 5.41) is 12.6. The highest BCUT2D eigenvalue weighted by atomic mass is 79.9. The van der Waals surface area contributed by atoms with Crippen LogP contribution in [0.25, 0.3) is 0 Å². The molecule has 1 aromatic rings. The molecule has 0 radical (unpaired) electrons. The summed E-state index contributed by atoms with van der Waals surface area (Å²) >= 11 is 3.41. The molecule has 4 rings (SSSR count). The maximum Gasteiger partial charge on any atom is 0.307 e. The first-order valence-electron chi connectivity index (χ1n) is 7.92. The summed E-state index contributed by atoms with van der Waals surface area (Å²) in [6.07, 6.45) is 6.20. The molecule has 0 heterocycles. The highest BCUT2D eigenvalue weighted by Gasteiger charge is 2.70. The molecule has 23 heavy (non-hydrogen) atoms. The molecular weight excluding hydrogens is 358 g/mol. The fourth-order valence-electron chi connectivity index (χ4n) is 4.67. The number of hydrogen-bond acceptors (Lipinski definition) is 2. The summed E-state index contributed by atoms with van der Waals surface area (Å²) < 4.78 is 0.955. The fraction of sp³-hybridized carbons (Fsp3) is 0.444. The van der Waals surface area contributed by atoms with Gasteiger partial charge in [-0.2, -0.15) is 0 Å². The smallest absolute Gasteiger partial charge is 0.307 e. The molecule has 0 saturated heterocycles. The molecule has 1 spiro atoms. The second-order valence-electron chi connectivity index (χ2n) is 7.01. The summed E-state index contributed by atoms with van der Waals surface area (Å²) in [5.74, 6) is -1.97. The summed E-state index contributed by atoms with van der Waals surface area (Å²) in [4.78, 5) is 24.6. The van der Waals surface area contributed by atoms with E-state index in [0.29, 0.717) is 0 Å². The van der Waals surface area contributed by atoms with Crippen LogP contribution in [0.15, 0.2) is 34.8 Å². The molecule has 1 amide bonds. The lowest BCUT2D eigenvalue weighted by atomic mass is 9.82. The van der Waals surface area contributed by atoms with E-state index in [9.17, 15) is 14.7 Å². The Labute approximate surface area is 143 Å². The number of carbonyl (C=O) groups excluding carboxylic acids is 1. The van der Waals surface area contributed by atoms with E-state index in [-0.39, 0.29) is 23.2 Å². The molecule has 0 aromatic heterocycles. The lowest BCUT2D eigenvalue weighted by Crippen LogP contribution is -2.36. The lowest BCUT2D eigenvalue weighted by Gasteiger charge is -2.24. The number of benzene rings is 1. The van der Waals surface area contributed by atoms with Crippen LogP contribution in [-0.2, 0) is 9.59 Å². The monoisotopic (exact) mass is 375 g/mol. The summed E-state index contributed by atoms with van der Waals surface area (Å²) in [6.45, 7) is 1.93. The largest absolute Gasteiger partial charge is 0.481 e. The molecule has 1 unspecified atom stereocenters. The van der Waals surface area contributed by atoms with Gasteiger partial charge in [-0.1, -0.05) is 28.1 Å². The molecule has 2 saturated carbocycles. The van der Waals surface area contributed by atoms with E-state index in [1.54, 1.807) is 0 Å². The third-order valence-electron chi connectivity index (χ3n) is 5.88. The lowest BCUT2D eigenvalue weighted by molar-refractivity contribution is -0.146. The molecule has 2 N–H and O–H groups in total. The summed E-state index contributed by atoms with van der Waals surface area (Å²) in [7, 11) is 0. The van der Waals surface area contributed by atoms with Crippen molar-refractivity contribution in [2.75, 3.05) is 5.32 Å². The van der Waals surface area contributed by atoms with Gasteiger partial charge in [0.1, 0.15) is 0 Å². The Balaban J connectivity index is 1.62. The molecule has 0 aliphatic heterocycles. The number of amides is 1. The number of anilines is 1. The van der Waals surface area contributed by atoms with Crippen LogP contribution in [0.3, 0.4) is 0 Å². The number of aryl methyl sites for hydroxylation is 1. The highest BCUT2D eigenvalue weighted by Crippen LogP contribution is 2.72. The highest BCUT2D eigenvalue weighted by molar-refractivity contribution is 9.10. The predicted octanol–water partition coefficient (Wildman–Crippen LogP) is 3.61. The first kappa shape index (κ1) is 14.9. The summed E-state index contributed by atoms with van der Waals surface area (Å²) in [5.41, 5.74) is 1.76. The first-order valence-corrected chi connectivity index (χ1v) is 8.71. The van der Waals surface area contributed by atoms with E-state index in [4.69, 9.17) is 0 Å². The minimum absolute atomic E-state index is 0.0202. The molecule has 120 valence electrons. The maximum absolute atomic E-state index is 12.9. The molecule has 4 nitrogen and oxygen atoms in total. The average Bonchev–Trinajstić information content (AvgIpc) is 3.15. The number of carboxylic acids is 1. The minimum Gasteiger partial charge on any atom is -0.481 e. The Bertz CT molecular complexity index is 738. The van der Waals surface area contributed by atoms with Crippen LogP contribution < -0.4 is 5.32 Å². The van der Waals surface area contributed by atoms with Gasteiger partial charge in [0.15, 0.2) is 0 Å². The third kappa shape index (κ3) is 2.09. The fourth-order valence-corrected chi connectivity index (χ4v) is 5.15. The van der Waals surface area contributed by atoms with Gasteiger partial charge in [0.05, 0.1) is 11.8 Å². The number of carboxylic acid groups (broad SMARTS) is 1. The van der Waals surface area contributed by atoms with Crippen LogP contribution in [0.5, 0.6) is 0 Å². The number of hydrogen-bond donors (Lipinski definition) is 2. The Hall–Kier alpha value is -1.62. The number of carbonyl (C=O) groups is 2. The van der Waals surface area contributed by atoms with Gasteiger partial charge >= 0.3 is 5.97 Å². The van der Waals surface area contributed by atoms with Gasteiger partial charge in [-0.05, 0) is 60.8 Å². The predicted molar refractivity (Wildman–Crippen MR) is 89.9 cm³/mol. The minimum atomic E-state index is -0.846. The Morgan fingerprint density at radius 1 is 1.22 bits per heavy atom. The molecule has 2 fully saturated rings. The van der Waals surface area contributed by atoms with E-state index in [2.05, 4.69) is 27.3 Å². The maximum atomic E-state index is 12.9. The molecule has 1 aromatic carbocycles. The topological polar surface area (TPSA) is 66.4 Å². The number of rotatable bonds is 3. The SMILES string of the molecule is Cc1cc(Br)ccc1NC(=O)C1[C@H](C(=O)O)[C@H]2C=C[C@@H]1C21CC1. The van der Waals surface area contributed by atoms with E-state index in [1.807, 2.05) is 31.2 Å². The van der Waals surface area contributed by atoms with Crippen molar-refractivity contribution in [1.82, 2.24) is 0 Å². The Kier molecular flexibility index (Phi) is 3.21. The van der Waals surface area contributed by atoms with Crippen molar-refractivity contribution >= 4 is 33.5 Å². The van der Waals surface area contributed by atoms with Crippen LogP contribution in [-0.4, -0.2) is 17.0 Å². The van der Waals surface area contributed by atoms with Crippen molar-refractivity contribution in [3.05, 3.63) is 40.4 Å². The van der Waals surface area contributed by atoms with Gasteiger partial charge < -0.3 is 10.4 Å². The van der Waals surface area contributed by atoms with Gasteiger partial charge in [0.2, 0.25) is 5.91 Å². The van der Waals surface area contributed by atoms with Gasteiger partial charge in [-0.15, -0.1) is 0 Å². The molecule has 3 aliphatic rings. The van der Waals surface area contributed by atoms with Crippen molar-refractivity contribution in [3.63, 3.8) is 0 Å². The van der Waals surface area contributed by atoms with Crippen LogP contribution in [0, 0.1) is 36.0 Å². The van der Waals surface area contributed by atoms with Crippen molar-refractivity contribution < 1.29 is 14.7 Å². The van der Waals surface area contributed by atoms with E-state index in [0.717, 1.165) is 28.6 Å². The van der Waals surface area contributed by atoms with Crippen molar-refractivity contribution in [2.45, 2.75) is 19.8 Å². The molecule has 5 heteroatoms. The first-order chi connectivity index (χ1) is 10.9. The second-order valence-corrected chi connectivity index (χ2v) is 7.92. The Morgan fingerprint density at radius 2 is 1.87 bits per heavy atom. The van der Waals surface area contributed by atoms with Crippen molar-refractivity contribution in [3.8, 4) is 0 Å². The van der Waals surface area contributed by atoms with Crippen LogP contribution in [0.2, 0.25) is 0 Å². The van der Waals surface area contributed by atoms with Crippen LogP contribution >= 0.6 is 15.9 Å². The van der Waals surface area contributed by atoms with E-state index in [1.165, 1.54) is 0 Å². The number of halogens is 1. The van der Waals surface area contributed by atoms with E-state index < -0.39 is 17.8 Å². The molecular formula is C18H18BrNO3. The normalized spacial score (nSPS) is 32.3. The van der Waals surface area contributed by atoms with Gasteiger partial charge in [-0.25, -0.2) is 0 Å². The quantitative estimate of drug-likeness (QED) is 0.793. The molecule has 2 bridgehead atoms. The van der Waals surface area contributed by atoms with Gasteiger partial charge in [0.25, 0.3) is 0 Å². The van der Waals surface area contributed by atoms with Gasteiger partial charge in [-0.3, -0.25) is 9.59 Å². The second kappa shape index (κ2) is 4.94. The molecule has 4 atom stereocenters. The van der Waals surface area contributed by atoms with Crippen LogP contribution in [0.1, 0.15) is 18.4 Å². The molecule has 3 aliphatic carbocycles. The number of aliphatic carboxylic acids is 1. The summed E-state index contributed by atoms with van der Waals surface area (Å²) in [6, 6.07) is 5.66.